The summed E-state index contributed by atoms with van der Waals surface area (Å²) in [6.07, 6.45) is 4.64. The molecule has 1 amide bonds. The van der Waals surface area contributed by atoms with Crippen LogP contribution in [0.1, 0.15) is 44.2 Å². The summed E-state index contributed by atoms with van der Waals surface area (Å²) < 4.78 is 0.540. The molecule has 0 spiro atoms. The number of benzene rings is 2. The number of hydrogen-bond donors (Lipinski definition) is 1. The van der Waals surface area contributed by atoms with Crippen molar-refractivity contribution in [2.45, 2.75) is 38.6 Å². The number of nitrogens with zero attached hydrogens (tertiary/aromatic N) is 3. The SMILES string of the molecule is C[C@@H]1C(C(=O)N[N+]2(C)CCCCCC2)=NN(c2ccc(Cl)cc2Cl)[C@@H]1c1ccc(Cl)cc1. The van der Waals surface area contributed by atoms with Gasteiger partial charge in [-0.1, -0.05) is 53.9 Å². The molecule has 2 aliphatic rings. The van der Waals surface area contributed by atoms with Gasteiger partial charge in [0.1, 0.15) is 18.8 Å². The molecule has 4 rings (SSSR count). The number of rotatable bonds is 4. The van der Waals surface area contributed by atoms with Crippen LogP contribution < -0.4 is 10.4 Å². The molecule has 0 aliphatic carbocycles. The van der Waals surface area contributed by atoms with Gasteiger partial charge in [-0.25, -0.2) is 4.59 Å². The highest BCUT2D eigenvalue weighted by Crippen LogP contribution is 2.42. The maximum atomic E-state index is 13.4. The summed E-state index contributed by atoms with van der Waals surface area (Å²) in [7, 11) is 2.09. The van der Waals surface area contributed by atoms with Gasteiger partial charge in [-0.2, -0.15) is 10.5 Å². The smallest absolute Gasteiger partial charge is 0.263 e. The fraction of sp³-hybridized carbons (Fsp3) is 0.417. The normalized spacial score (nSPS) is 22.9. The molecule has 2 aliphatic heterocycles. The highest BCUT2D eigenvalue weighted by molar-refractivity contribution is 6.40. The van der Waals surface area contributed by atoms with Crippen molar-refractivity contribution < 1.29 is 9.39 Å². The van der Waals surface area contributed by atoms with Crippen molar-refractivity contribution in [1.82, 2.24) is 5.43 Å². The first-order valence-electron chi connectivity index (χ1n) is 11.0. The van der Waals surface area contributed by atoms with Gasteiger partial charge in [0.05, 0.1) is 23.8 Å². The van der Waals surface area contributed by atoms with Crippen LogP contribution in [0.4, 0.5) is 5.69 Å². The average molecular weight is 495 g/mol. The van der Waals surface area contributed by atoms with E-state index in [0.29, 0.717) is 31.1 Å². The van der Waals surface area contributed by atoms with Gasteiger partial charge in [-0.15, -0.1) is 0 Å². The van der Waals surface area contributed by atoms with Gasteiger partial charge in [0.25, 0.3) is 0 Å². The van der Waals surface area contributed by atoms with Crippen LogP contribution in [-0.4, -0.2) is 36.3 Å². The number of halogens is 3. The zero-order chi connectivity index (χ0) is 22.9. The molecule has 5 nitrogen and oxygen atoms in total. The summed E-state index contributed by atoms with van der Waals surface area (Å²) in [5, 5.41) is 8.33. The molecule has 8 heteroatoms. The summed E-state index contributed by atoms with van der Waals surface area (Å²) in [6.45, 7) is 3.89. The van der Waals surface area contributed by atoms with E-state index in [4.69, 9.17) is 39.9 Å². The summed E-state index contributed by atoms with van der Waals surface area (Å²) in [5.74, 6) is -0.282. The molecule has 1 saturated heterocycles. The van der Waals surface area contributed by atoms with Crippen molar-refractivity contribution >= 4 is 52.1 Å². The van der Waals surface area contributed by atoms with E-state index < -0.39 is 0 Å². The van der Waals surface area contributed by atoms with Crippen LogP contribution in [-0.2, 0) is 4.79 Å². The molecule has 1 fully saturated rings. The Labute approximate surface area is 204 Å². The van der Waals surface area contributed by atoms with Crippen LogP contribution >= 0.6 is 34.8 Å². The Hall–Kier alpha value is -1.79. The molecule has 0 unspecified atom stereocenters. The predicted molar refractivity (Wildman–Crippen MR) is 132 cm³/mol. The minimum atomic E-state index is -0.193. The Kier molecular flexibility index (Phi) is 7.01. The first-order valence-corrected chi connectivity index (χ1v) is 12.2. The van der Waals surface area contributed by atoms with Crippen molar-refractivity contribution in [2.24, 2.45) is 11.0 Å². The summed E-state index contributed by atoms with van der Waals surface area (Å²) >= 11 is 18.8. The molecule has 0 radical (unpaired) electrons. The second-order valence-corrected chi connectivity index (χ2v) is 10.2. The van der Waals surface area contributed by atoms with E-state index in [1.165, 1.54) is 12.8 Å². The lowest BCUT2D eigenvalue weighted by atomic mass is 9.91. The maximum absolute atomic E-state index is 13.4. The zero-order valence-electron chi connectivity index (χ0n) is 18.3. The highest BCUT2D eigenvalue weighted by atomic mass is 35.5. The number of likely N-dealkylation sites (tertiary alicyclic amines) is 1. The van der Waals surface area contributed by atoms with Gasteiger partial charge in [0.15, 0.2) is 0 Å². The predicted octanol–water partition coefficient (Wildman–Crippen LogP) is 6.25. The van der Waals surface area contributed by atoms with Gasteiger partial charge in [-0.3, -0.25) is 9.80 Å². The number of carbonyl (C=O) groups excluding carboxylic acids is 1. The lowest BCUT2D eigenvalue weighted by molar-refractivity contribution is -0.942. The molecule has 0 bridgehead atoms. The van der Waals surface area contributed by atoms with Crippen molar-refractivity contribution in [2.75, 3.05) is 25.1 Å². The first-order chi connectivity index (χ1) is 15.3. The number of amides is 1. The van der Waals surface area contributed by atoms with Crippen molar-refractivity contribution in [1.29, 1.82) is 0 Å². The lowest BCUT2D eigenvalue weighted by Gasteiger charge is -2.32. The van der Waals surface area contributed by atoms with E-state index in [1.807, 2.05) is 42.3 Å². The Morgan fingerprint density at radius 2 is 1.62 bits per heavy atom. The number of carbonyl (C=O) groups is 1. The molecule has 2 heterocycles. The van der Waals surface area contributed by atoms with Crippen LogP contribution in [0.5, 0.6) is 0 Å². The second kappa shape index (κ2) is 9.60. The van der Waals surface area contributed by atoms with E-state index in [-0.39, 0.29) is 17.9 Å². The molecule has 170 valence electrons. The van der Waals surface area contributed by atoms with E-state index in [2.05, 4.69) is 12.5 Å². The summed E-state index contributed by atoms with van der Waals surface area (Å²) in [4.78, 5) is 13.4. The number of hydrogen-bond acceptors (Lipinski definition) is 3. The number of nitrogens with one attached hydrogen (secondary N) is 1. The second-order valence-electron chi connectivity index (χ2n) is 8.91. The van der Waals surface area contributed by atoms with Crippen molar-refractivity contribution in [3.63, 3.8) is 0 Å². The van der Waals surface area contributed by atoms with Crippen LogP contribution in [0.25, 0.3) is 0 Å². The maximum Gasteiger partial charge on any atom is 0.312 e. The third-order valence-electron chi connectivity index (χ3n) is 6.41. The standard InChI is InChI=1S/C24H27Cl3N4O/c1-16-22(24(32)29-31(2)13-5-3-4-6-14-31)28-30(21-12-11-19(26)15-20(21)27)23(16)17-7-9-18(25)10-8-17/h7-12,15-16,23H,3-6,13-14H2,1-2H3/p+1/t16-,23+/m1/s1. The molecular weight excluding hydrogens is 467 g/mol. The average Bonchev–Trinajstić information content (AvgIpc) is 2.93. The van der Waals surface area contributed by atoms with Gasteiger partial charge >= 0.3 is 5.91 Å². The Bertz CT molecular complexity index is 1020. The van der Waals surface area contributed by atoms with E-state index in [0.717, 1.165) is 31.5 Å². The van der Waals surface area contributed by atoms with Crippen LogP contribution in [0.15, 0.2) is 47.6 Å². The molecule has 0 saturated carbocycles. The molecule has 0 aromatic heterocycles. The molecule has 32 heavy (non-hydrogen) atoms. The number of hydrazone groups is 1. The lowest BCUT2D eigenvalue weighted by Crippen LogP contribution is -2.59. The van der Waals surface area contributed by atoms with Crippen LogP contribution in [0.2, 0.25) is 15.1 Å². The zero-order valence-corrected chi connectivity index (χ0v) is 20.6. The van der Waals surface area contributed by atoms with Crippen molar-refractivity contribution in [3.05, 3.63) is 63.1 Å². The minimum Gasteiger partial charge on any atom is -0.263 e. The third kappa shape index (κ3) is 4.91. The van der Waals surface area contributed by atoms with Crippen molar-refractivity contribution in [3.8, 4) is 0 Å². The fourth-order valence-corrected chi connectivity index (χ4v) is 5.27. The quantitative estimate of drug-likeness (QED) is 0.510. The molecule has 2 atom stereocenters. The molecule has 2 aromatic carbocycles. The van der Waals surface area contributed by atoms with Gasteiger partial charge < -0.3 is 0 Å². The van der Waals surface area contributed by atoms with E-state index in [9.17, 15) is 4.79 Å². The Balaban J connectivity index is 1.69. The first kappa shape index (κ1) is 23.4. The number of anilines is 1. The van der Waals surface area contributed by atoms with E-state index >= 15 is 0 Å². The van der Waals surface area contributed by atoms with Gasteiger partial charge in [-0.05, 0) is 61.6 Å². The van der Waals surface area contributed by atoms with Gasteiger partial charge in [0.2, 0.25) is 0 Å². The Morgan fingerprint density at radius 3 is 2.25 bits per heavy atom. The number of quaternary nitrogens is 1. The van der Waals surface area contributed by atoms with Crippen LogP contribution in [0.3, 0.4) is 0 Å². The Morgan fingerprint density at radius 1 is 1.00 bits per heavy atom. The van der Waals surface area contributed by atoms with E-state index in [1.54, 1.807) is 12.1 Å². The fourth-order valence-electron chi connectivity index (χ4n) is 4.64. The largest absolute Gasteiger partial charge is 0.312 e. The molecule has 2 aromatic rings. The van der Waals surface area contributed by atoms with Gasteiger partial charge in [0, 0.05) is 16.0 Å². The molecule has 1 N–H and O–H groups in total. The summed E-state index contributed by atoms with van der Waals surface area (Å²) in [5.41, 5.74) is 5.47. The minimum absolute atomic E-state index is 0.131. The third-order valence-corrected chi connectivity index (χ3v) is 7.20. The highest BCUT2D eigenvalue weighted by Gasteiger charge is 2.42. The van der Waals surface area contributed by atoms with Crippen LogP contribution in [0, 0.1) is 5.92 Å². The summed E-state index contributed by atoms with van der Waals surface area (Å²) in [6, 6.07) is 12.8. The topological polar surface area (TPSA) is 44.7 Å². The monoisotopic (exact) mass is 493 g/mol. The molecular formula is C24H28Cl3N4O+.